The smallest absolute Gasteiger partial charge is 0.191 e. The zero-order chi connectivity index (χ0) is 18.0. The van der Waals surface area contributed by atoms with Crippen LogP contribution in [-0.4, -0.2) is 23.5 Å². The van der Waals surface area contributed by atoms with Gasteiger partial charge in [-0.05, 0) is 39.3 Å². The van der Waals surface area contributed by atoms with Gasteiger partial charge >= 0.3 is 0 Å². The molecule has 1 aromatic carbocycles. The molecule has 4 nitrogen and oxygen atoms in total. The Hall–Kier alpha value is -1.66. The lowest BCUT2D eigenvalue weighted by Gasteiger charge is -2.11. The first-order valence-electron chi connectivity index (χ1n) is 8.41. The Balaban J connectivity index is 1.66. The van der Waals surface area contributed by atoms with E-state index >= 15 is 0 Å². The van der Waals surface area contributed by atoms with Gasteiger partial charge < -0.3 is 10.6 Å². The van der Waals surface area contributed by atoms with Crippen molar-refractivity contribution in [3.05, 3.63) is 50.2 Å². The van der Waals surface area contributed by atoms with Gasteiger partial charge in [0.05, 0.1) is 12.2 Å². The van der Waals surface area contributed by atoms with E-state index in [-0.39, 0.29) is 17.8 Å². The predicted molar refractivity (Wildman–Crippen MR) is 102 cm³/mol. The molecule has 2 aromatic rings. The minimum absolute atomic E-state index is 0.0851. The molecule has 2 atom stereocenters. The zero-order valence-electron chi connectivity index (χ0n) is 14.6. The molecule has 1 fully saturated rings. The summed E-state index contributed by atoms with van der Waals surface area (Å²) in [5, 5.41) is 8.10. The maximum Gasteiger partial charge on any atom is 0.191 e. The van der Waals surface area contributed by atoms with Crippen molar-refractivity contribution in [3.8, 4) is 0 Å². The number of guanidine groups is 1. The van der Waals surface area contributed by atoms with Gasteiger partial charge in [0.25, 0.3) is 0 Å². The second-order valence-electron chi connectivity index (χ2n) is 6.17. The molecule has 0 bridgehead atoms. The average Bonchev–Trinajstić information content (AvgIpc) is 3.22. The molecule has 25 heavy (non-hydrogen) atoms. The van der Waals surface area contributed by atoms with Gasteiger partial charge in [0.1, 0.15) is 10.8 Å². The molecule has 0 spiro atoms. The summed E-state index contributed by atoms with van der Waals surface area (Å²) in [7, 11) is 0. The summed E-state index contributed by atoms with van der Waals surface area (Å²) in [6, 6.07) is 4.98. The summed E-state index contributed by atoms with van der Waals surface area (Å²) in [6.45, 7) is 7.39. The SMILES string of the molecule is CCNC(=NCc1nc(C)c(C)s1)NC1CC1c1c(F)cccc1Cl. The van der Waals surface area contributed by atoms with Crippen LogP contribution in [0.1, 0.15) is 40.4 Å². The number of aryl methyl sites for hydroxylation is 2. The van der Waals surface area contributed by atoms with Crippen LogP contribution in [-0.2, 0) is 6.54 Å². The molecular weight excluding hydrogens is 359 g/mol. The van der Waals surface area contributed by atoms with E-state index in [1.807, 2.05) is 13.8 Å². The van der Waals surface area contributed by atoms with Crippen molar-refractivity contribution in [3.63, 3.8) is 0 Å². The summed E-state index contributed by atoms with van der Waals surface area (Å²) >= 11 is 7.83. The largest absolute Gasteiger partial charge is 0.357 e. The van der Waals surface area contributed by atoms with Gasteiger partial charge in [-0.3, -0.25) is 0 Å². The molecule has 3 rings (SSSR count). The second kappa shape index (κ2) is 7.70. The standard InChI is InChI=1S/C18H22ClFN4S/c1-4-21-18(22-9-16-23-10(2)11(3)25-16)24-15-8-12(15)17-13(19)6-5-7-14(17)20/h5-7,12,15H,4,8-9H2,1-3H3,(H2,21,22,24). The fourth-order valence-electron chi connectivity index (χ4n) is 2.79. The highest BCUT2D eigenvalue weighted by molar-refractivity contribution is 7.11. The number of hydrogen-bond acceptors (Lipinski definition) is 3. The van der Waals surface area contributed by atoms with Crippen LogP contribution in [0.3, 0.4) is 0 Å². The van der Waals surface area contributed by atoms with Gasteiger partial charge in [-0.25, -0.2) is 14.4 Å². The lowest BCUT2D eigenvalue weighted by atomic mass is 10.1. The fourth-order valence-corrected chi connectivity index (χ4v) is 3.95. The first kappa shape index (κ1) is 18.1. The number of aromatic nitrogens is 1. The Kier molecular flexibility index (Phi) is 5.59. The molecule has 1 aliphatic carbocycles. The van der Waals surface area contributed by atoms with Crippen molar-refractivity contribution in [1.29, 1.82) is 0 Å². The Morgan fingerprint density at radius 2 is 2.24 bits per heavy atom. The lowest BCUT2D eigenvalue weighted by molar-refractivity contribution is 0.608. The molecule has 0 aliphatic heterocycles. The minimum atomic E-state index is -0.238. The third-order valence-electron chi connectivity index (χ3n) is 4.27. The third kappa shape index (κ3) is 4.30. The minimum Gasteiger partial charge on any atom is -0.357 e. The van der Waals surface area contributed by atoms with Crippen LogP contribution in [0.4, 0.5) is 4.39 Å². The van der Waals surface area contributed by atoms with Gasteiger partial charge in [-0.2, -0.15) is 0 Å². The number of aliphatic imine (C=N–C) groups is 1. The van der Waals surface area contributed by atoms with E-state index in [2.05, 4.69) is 27.5 Å². The Morgan fingerprint density at radius 3 is 2.88 bits per heavy atom. The molecular formula is C18H22ClFN4S. The quantitative estimate of drug-likeness (QED) is 0.604. The summed E-state index contributed by atoms with van der Waals surface area (Å²) in [6.07, 6.45) is 0.848. The van der Waals surface area contributed by atoms with Crippen LogP contribution in [0.5, 0.6) is 0 Å². The fraction of sp³-hybridized carbons (Fsp3) is 0.444. The number of thiazole rings is 1. The number of nitrogens with one attached hydrogen (secondary N) is 2. The highest BCUT2D eigenvalue weighted by atomic mass is 35.5. The van der Waals surface area contributed by atoms with Crippen molar-refractivity contribution in [2.45, 2.75) is 45.7 Å². The third-order valence-corrected chi connectivity index (χ3v) is 5.66. The van der Waals surface area contributed by atoms with Crippen LogP contribution in [0.15, 0.2) is 23.2 Å². The molecule has 1 aliphatic rings. The van der Waals surface area contributed by atoms with Gasteiger partial charge in [-0.1, -0.05) is 17.7 Å². The normalized spacial score (nSPS) is 19.8. The lowest BCUT2D eigenvalue weighted by Crippen LogP contribution is -2.39. The van der Waals surface area contributed by atoms with E-state index in [0.717, 1.165) is 29.6 Å². The summed E-state index contributed by atoms with van der Waals surface area (Å²) in [5.74, 6) is 0.576. The Labute approximate surface area is 156 Å². The van der Waals surface area contributed by atoms with Crippen LogP contribution in [0.25, 0.3) is 0 Å². The van der Waals surface area contributed by atoms with Crippen LogP contribution in [0, 0.1) is 19.7 Å². The van der Waals surface area contributed by atoms with E-state index in [0.29, 0.717) is 17.1 Å². The van der Waals surface area contributed by atoms with E-state index in [4.69, 9.17) is 11.6 Å². The van der Waals surface area contributed by atoms with Gasteiger partial charge in [0, 0.05) is 34.0 Å². The summed E-state index contributed by atoms with van der Waals surface area (Å²) in [5.41, 5.74) is 1.66. The molecule has 2 N–H and O–H groups in total. The van der Waals surface area contributed by atoms with E-state index in [1.54, 1.807) is 23.5 Å². The number of halogens is 2. The number of hydrogen-bond donors (Lipinski definition) is 2. The van der Waals surface area contributed by atoms with E-state index in [1.165, 1.54) is 10.9 Å². The highest BCUT2D eigenvalue weighted by Gasteiger charge is 2.41. The molecule has 0 radical (unpaired) electrons. The molecule has 0 saturated heterocycles. The summed E-state index contributed by atoms with van der Waals surface area (Å²) in [4.78, 5) is 10.3. The van der Waals surface area contributed by atoms with Gasteiger partial charge in [0.2, 0.25) is 0 Å². The number of nitrogens with zero attached hydrogens (tertiary/aromatic N) is 2. The van der Waals surface area contributed by atoms with Crippen LogP contribution >= 0.6 is 22.9 Å². The first-order chi connectivity index (χ1) is 12.0. The van der Waals surface area contributed by atoms with Gasteiger partial charge in [0.15, 0.2) is 5.96 Å². The van der Waals surface area contributed by atoms with Crippen molar-refractivity contribution in [2.24, 2.45) is 4.99 Å². The van der Waals surface area contributed by atoms with Crippen LogP contribution in [0.2, 0.25) is 5.02 Å². The molecule has 1 saturated carbocycles. The highest BCUT2D eigenvalue weighted by Crippen LogP contribution is 2.44. The first-order valence-corrected chi connectivity index (χ1v) is 9.60. The Bertz CT molecular complexity index is 750. The summed E-state index contributed by atoms with van der Waals surface area (Å²) < 4.78 is 14.0. The topological polar surface area (TPSA) is 49.3 Å². The molecule has 134 valence electrons. The van der Waals surface area contributed by atoms with Crippen molar-refractivity contribution in [1.82, 2.24) is 15.6 Å². The maximum absolute atomic E-state index is 14.0. The molecule has 2 unspecified atom stereocenters. The van der Waals surface area contributed by atoms with E-state index in [9.17, 15) is 4.39 Å². The van der Waals surface area contributed by atoms with Crippen molar-refractivity contribution >= 4 is 28.9 Å². The maximum atomic E-state index is 14.0. The molecule has 0 amide bonds. The monoisotopic (exact) mass is 380 g/mol. The van der Waals surface area contributed by atoms with Crippen molar-refractivity contribution < 1.29 is 4.39 Å². The van der Waals surface area contributed by atoms with E-state index < -0.39 is 0 Å². The second-order valence-corrected chi connectivity index (χ2v) is 7.87. The van der Waals surface area contributed by atoms with Crippen molar-refractivity contribution in [2.75, 3.05) is 6.54 Å². The number of benzene rings is 1. The predicted octanol–water partition coefficient (Wildman–Crippen LogP) is 4.16. The zero-order valence-corrected chi connectivity index (χ0v) is 16.1. The number of rotatable bonds is 5. The van der Waals surface area contributed by atoms with Crippen LogP contribution < -0.4 is 10.6 Å². The van der Waals surface area contributed by atoms with Gasteiger partial charge in [-0.15, -0.1) is 11.3 Å². The molecule has 7 heteroatoms. The average molecular weight is 381 g/mol. The molecule has 1 aromatic heterocycles. The Morgan fingerprint density at radius 1 is 1.44 bits per heavy atom. The molecule has 1 heterocycles.